The fourth-order valence-corrected chi connectivity index (χ4v) is 2.61. The molecule has 1 heterocycles. The Bertz CT molecular complexity index is 535. The van der Waals surface area contributed by atoms with Gasteiger partial charge in [-0.25, -0.2) is 0 Å². The van der Waals surface area contributed by atoms with Crippen molar-refractivity contribution in [2.24, 2.45) is 5.41 Å². The van der Waals surface area contributed by atoms with Crippen molar-refractivity contribution in [3.63, 3.8) is 0 Å². The topological polar surface area (TPSA) is 87.4 Å². The zero-order valence-corrected chi connectivity index (χ0v) is 13.0. The van der Waals surface area contributed by atoms with E-state index in [1.807, 2.05) is 12.1 Å². The van der Waals surface area contributed by atoms with E-state index in [2.05, 4.69) is 31.4 Å². The molecular formula is C16H25N3O2. The number of hydrogen-bond acceptors (Lipinski definition) is 4. The minimum atomic E-state index is 0.0132. The van der Waals surface area contributed by atoms with Gasteiger partial charge in [-0.05, 0) is 36.0 Å². The third-order valence-electron chi connectivity index (χ3n) is 3.96. The Morgan fingerprint density at radius 3 is 2.71 bits per heavy atom. The molecular weight excluding hydrogens is 266 g/mol. The highest BCUT2D eigenvalue weighted by Gasteiger charge is 2.25. The standard InChI is InChI=1S/C16H25N3O2/c1-16(2,3)14(6-7-20)18-13-8-10-4-5-15(21)19-12(10)9-11(13)17/h8-9,14,18,20H,4-7,17H2,1-3H3,(H,19,21). The zero-order valence-electron chi connectivity index (χ0n) is 13.0. The Kier molecular flexibility index (Phi) is 4.42. The van der Waals surface area contributed by atoms with Crippen molar-refractivity contribution < 1.29 is 9.90 Å². The number of anilines is 3. The van der Waals surface area contributed by atoms with Crippen LogP contribution in [0.5, 0.6) is 0 Å². The van der Waals surface area contributed by atoms with Gasteiger partial charge in [0.15, 0.2) is 0 Å². The molecule has 0 spiro atoms. The molecule has 0 aromatic heterocycles. The molecule has 1 aliphatic rings. The van der Waals surface area contributed by atoms with Gasteiger partial charge in [0, 0.05) is 24.8 Å². The molecule has 0 bridgehead atoms. The van der Waals surface area contributed by atoms with Crippen LogP contribution in [0.2, 0.25) is 0 Å². The summed E-state index contributed by atoms with van der Waals surface area (Å²) in [4.78, 5) is 11.4. The van der Waals surface area contributed by atoms with Crippen LogP contribution in [0.1, 0.15) is 39.2 Å². The number of nitrogens with one attached hydrogen (secondary N) is 2. The van der Waals surface area contributed by atoms with E-state index < -0.39 is 0 Å². The van der Waals surface area contributed by atoms with Crippen LogP contribution in [0.3, 0.4) is 0 Å². The summed E-state index contributed by atoms with van der Waals surface area (Å²) in [6.45, 7) is 6.54. The number of aliphatic hydroxyl groups is 1. The second-order valence-electron chi connectivity index (χ2n) is 6.72. The molecule has 1 aromatic carbocycles. The number of rotatable bonds is 4. The van der Waals surface area contributed by atoms with Gasteiger partial charge >= 0.3 is 0 Å². The minimum Gasteiger partial charge on any atom is -0.397 e. The van der Waals surface area contributed by atoms with Crippen LogP contribution in [0.15, 0.2) is 12.1 Å². The first kappa shape index (κ1) is 15.6. The molecule has 5 nitrogen and oxygen atoms in total. The van der Waals surface area contributed by atoms with Gasteiger partial charge < -0.3 is 21.5 Å². The largest absolute Gasteiger partial charge is 0.397 e. The van der Waals surface area contributed by atoms with E-state index in [9.17, 15) is 9.90 Å². The van der Waals surface area contributed by atoms with Crippen molar-refractivity contribution in [3.8, 4) is 0 Å². The van der Waals surface area contributed by atoms with E-state index in [0.717, 1.165) is 23.4 Å². The molecule has 1 amide bonds. The average molecular weight is 291 g/mol. The molecule has 0 aliphatic carbocycles. The van der Waals surface area contributed by atoms with Crippen molar-refractivity contribution in [1.29, 1.82) is 0 Å². The fraction of sp³-hybridized carbons (Fsp3) is 0.562. The van der Waals surface area contributed by atoms with Crippen LogP contribution in [0.25, 0.3) is 0 Å². The lowest BCUT2D eigenvalue weighted by Gasteiger charge is -2.33. The molecule has 0 fully saturated rings. The van der Waals surface area contributed by atoms with Gasteiger partial charge in [-0.2, -0.15) is 0 Å². The molecule has 0 radical (unpaired) electrons. The number of benzene rings is 1. The highest BCUT2D eigenvalue weighted by atomic mass is 16.3. The SMILES string of the molecule is CC(C)(C)C(CCO)Nc1cc2c(cc1N)NC(=O)CC2. The smallest absolute Gasteiger partial charge is 0.224 e. The first-order chi connectivity index (χ1) is 9.81. The number of nitrogen functional groups attached to an aromatic ring is 1. The first-order valence-electron chi connectivity index (χ1n) is 7.41. The fourth-order valence-electron chi connectivity index (χ4n) is 2.61. The Morgan fingerprint density at radius 1 is 1.38 bits per heavy atom. The average Bonchev–Trinajstić information content (AvgIpc) is 2.38. The third kappa shape index (κ3) is 3.67. The van der Waals surface area contributed by atoms with Gasteiger partial charge in [0.25, 0.3) is 0 Å². The molecule has 0 saturated heterocycles. The summed E-state index contributed by atoms with van der Waals surface area (Å²) in [5.74, 6) is 0.0375. The second-order valence-corrected chi connectivity index (χ2v) is 6.72. The number of carbonyl (C=O) groups excluding carboxylic acids is 1. The number of fused-ring (bicyclic) bond motifs is 1. The molecule has 1 aromatic rings. The number of aliphatic hydroxyl groups excluding tert-OH is 1. The van der Waals surface area contributed by atoms with Gasteiger partial charge in [0.2, 0.25) is 5.91 Å². The highest BCUT2D eigenvalue weighted by Crippen LogP contribution is 2.33. The van der Waals surface area contributed by atoms with Crippen LogP contribution in [0.4, 0.5) is 17.1 Å². The van der Waals surface area contributed by atoms with Gasteiger partial charge in [-0.15, -0.1) is 0 Å². The van der Waals surface area contributed by atoms with E-state index in [1.54, 1.807) is 0 Å². The van der Waals surface area contributed by atoms with Crippen molar-refractivity contribution in [2.45, 2.75) is 46.1 Å². The summed E-state index contributed by atoms with van der Waals surface area (Å²) in [6.07, 6.45) is 1.91. The zero-order chi connectivity index (χ0) is 15.6. The Hall–Kier alpha value is -1.75. The van der Waals surface area contributed by atoms with Crippen LogP contribution in [0, 0.1) is 5.41 Å². The molecule has 0 saturated carbocycles. The van der Waals surface area contributed by atoms with E-state index in [0.29, 0.717) is 18.5 Å². The Balaban J connectivity index is 2.26. The number of amides is 1. The number of carbonyl (C=O) groups is 1. The predicted molar refractivity (Wildman–Crippen MR) is 86.4 cm³/mol. The van der Waals surface area contributed by atoms with Gasteiger partial charge in [-0.3, -0.25) is 4.79 Å². The van der Waals surface area contributed by atoms with Crippen molar-refractivity contribution in [2.75, 3.05) is 23.0 Å². The molecule has 1 aliphatic heterocycles. The van der Waals surface area contributed by atoms with Gasteiger partial charge in [0.1, 0.15) is 0 Å². The van der Waals surface area contributed by atoms with Crippen molar-refractivity contribution >= 4 is 23.0 Å². The Morgan fingerprint density at radius 2 is 2.10 bits per heavy atom. The lowest BCUT2D eigenvalue weighted by Crippen LogP contribution is -2.35. The normalized spacial score (nSPS) is 16.1. The molecule has 1 unspecified atom stereocenters. The molecule has 5 heteroatoms. The lowest BCUT2D eigenvalue weighted by molar-refractivity contribution is -0.116. The molecule has 116 valence electrons. The lowest BCUT2D eigenvalue weighted by atomic mass is 9.84. The van der Waals surface area contributed by atoms with Crippen LogP contribution in [-0.4, -0.2) is 23.7 Å². The maximum absolute atomic E-state index is 11.4. The maximum Gasteiger partial charge on any atom is 0.224 e. The summed E-state index contributed by atoms with van der Waals surface area (Å²) in [6, 6.07) is 3.95. The van der Waals surface area contributed by atoms with E-state index >= 15 is 0 Å². The van der Waals surface area contributed by atoms with Crippen molar-refractivity contribution in [1.82, 2.24) is 0 Å². The van der Waals surface area contributed by atoms with Gasteiger partial charge in [-0.1, -0.05) is 20.8 Å². The number of nitrogens with two attached hydrogens (primary N) is 1. The van der Waals surface area contributed by atoms with Crippen LogP contribution in [-0.2, 0) is 11.2 Å². The van der Waals surface area contributed by atoms with E-state index in [1.165, 1.54) is 0 Å². The summed E-state index contributed by atoms with van der Waals surface area (Å²) in [5, 5.41) is 15.6. The van der Waals surface area contributed by atoms with Gasteiger partial charge in [0.05, 0.1) is 11.4 Å². The number of aryl methyl sites for hydroxylation is 1. The van der Waals surface area contributed by atoms with E-state index in [-0.39, 0.29) is 24.0 Å². The second kappa shape index (κ2) is 5.93. The maximum atomic E-state index is 11.4. The number of hydrogen-bond donors (Lipinski definition) is 4. The summed E-state index contributed by atoms with van der Waals surface area (Å²) < 4.78 is 0. The Labute approximate surface area is 125 Å². The summed E-state index contributed by atoms with van der Waals surface area (Å²) in [7, 11) is 0. The molecule has 1 atom stereocenters. The predicted octanol–water partition coefficient (Wildman–Crippen LogP) is 2.36. The monoisotopic (exact) mass is 291 g/mol. The summed E-state index contributed by atoms with van der Waals surface area (Å²) in [5.41, 5.74) is 9.51. The highest BCUT2D eigenvalue weighted by molar-refractivity contribution is 5.95. The molecule has 21 heavy (non-hydrogen) atoms. The van der Waals surface area contributed by atoms with Crippen LogP contribution >= 0.6 is 0 Å². The quantitative estimate of drug-likeness (QED) is 0.641. The van der Waals surface area contributed by atoms with Crippen LogP contribution < -0.4 is 16.4 Å². The van der Waals surface area contributed by atoms with Crippen molar-refractivity contribution in [3.05, 3.63) is 17.7 Å². The van der Waals surface area contributed by atoms with E-state index in [4.69, 9.17) is 5.73 Å². The first-order valence-corrected chi connectivity index (χ1v) is 7.41. The molecule has 2 rings (SSSR count). The summed E-state index contributed by atoms with van der Waals surface area (Å²) >= 11 is 0. The molecule has 5 N–H and O–H groups in total. The minimum absolute atomic E-state index is 0.0132. The third-order valence-corrected chi connectivity index (χ3v) is 3.96.